The van der Waals surface area contributed by atoms with Gasteiger partial charge in [-0.25, -0.2) is 4.39 Å². The first-order valence-corrected chi connectivity index (χ1v) is 10.7. The highest BCUT2D eigenvalue weighted by Gasteiger charge is 2.43. The van der Waals surface area contributed by atoms with Crippen LogP contribution in [0.2, 0.25) is 0 Å². The number of carbonyl (C=O) groups is 1. The van der Waals surface area contributed by atoms with Crippen molar-refractivity contribution >= 4 is 21.8 Å². The fourth-order valence-corrected chi connectivity index (χ4v) is 4.32. The van der Waals surface area contributed by atoms with E-state index in [1.807, 2.05) is 0 Å². The number of nitrogens with zero attached hydrogens (tertiary/aromatic N) is 1. The molecule has 0 bridgehead atoms. The SMILES string of the molecule is COc1ccc(C(=O)NC2(c3ccc(OC(F)(F)F)c(F)c3)CCOc3cccnc32)cc1Br. The van der Waals surface area contributed by atoms with Gasteiger partial charge in [0.05, 0.1) is 18.2 Å². The Morgan fingerprint density at radius 3 is 2.62 bits per heavy atom. The molecule has 34 heavy (non-hydrogen) atoms. The Kier molecular flexibility index (Phi) is 6.39. The Hall–Kier alpha value is -3.34. The summed E-state index contributed by atoms with van der Waals surface area (Å²) in [5, 5.41) is 2.91. The number of methoxy groups -OCH3 is 1. The summed E-state index contributed by atoms with van der Waals surface area (Å²) in [5.74, 6) is -1.85. The van der Waals surface area contributed by atoms with Crippen molar-refractivity contribution in [3.63, 3.8) is 0 Å². The molecule has 0 spiro atoms. The summed E-state index contributed by atoms with van der Waals surface area (Å²) >= 11 is 3.33. The monoisotopic (exact) mass is 540 g/mol. The second kappa shape index (κ2) is 9.13. The molecule has 1 aromatic heterocycles. The second-order valence-electron chi connectivity index (χ2n) is 7.35. The molecule has 2 heterocycles. The van der Waals surface area contributed by atoms with Gasteiger partial charge in [-0.3, -0.25) is 9.78 Å². The lowest BCUT2D eigenvalue weighted by molar-refractivity contribution is -0.275. The summed E-state index contributed by atoms with van der Waals surface area (Å²) in [7, 11) is 1.49. The van der Waals surface area contributed by atoms with Crippen LogP contribution in [0.15, 0.2) is 59.2 Å². The fourth-order valence-electron chi connectivity index (χ4n) is 3.78. The molecule has 4 rings (SSSR count). The van der Waals surface area contributed by atoms with Crippen molar-refractivity contribution in [1.29, 1.82) is 0 Å². The topological polar surface area (TPSA) is 69.7 Å². The summed E-state index contributed by atoms with van der Waals surface area (Å²) in [4.78, 5) is 17.6. The molecule has 1 atom stereocenters. The summed E-state index contributed by atoms with van der Waals surface area (Å²) < 4.78 is 67.6. The van der Waals surface area contributed by atoms with Gasteiger partial charge in [0.25, 0.3) is 5.91 Å². The second-order valence-corrected chi connectivity index (χ2v) is 8.20. The van der Waals surface area contributed by atoms with Crippen LogP contribution in [0.5, 0.6) is 17.2 Å². The predicted molar refractivity (Wildman–Crippen MR) is 116 cm³/mol. The van der Waals surface area contributed by atoms with E-state index in [9.17, 15) is 22.4 Å². The molecule has 1 aliphatic rings. The summed E-state index contributed by atoms with van der Waals surface area (Å²) in [6.07, 6.45) is -3.42. The van der Waals surface area contributed by atoms with Gasteiger partial charge in [-0.05, 0) is 64.0 Å². The summed E-state index contributed by atoms with van der Waals surface area (Å²) in [6.45, 7) is 0.147. The number of aromatic nitrogens is 1. The van der Waals surface area contributed by atoms with Crippen LogP contribution >= 0.6 is 15.9 Å². The van der Waals surface area contributed by atoms with E-state index in [0.29, 0.717) is 21.7 Å². The van der Waals surface area contributed by atoms with Gasteiger partial charge in [0, 0.05) is 18.2 Å². The van der Waals surface area contributed by atoms with Crippen molar-refractivity contribution < 1.29 is 36.6 Å². The summed E-state index contributed by atoms with van der Waals surface area (Å²) in [6, 6.07) is 11.0. The maximum atomic E-state index is 14.7. The first-order chi connectivity index (χ1) is 16.1. The van der Waals surface area contributed by atoms with E-state index >= 15 is 0 Å². The van der Waals surface area contributed by atoms with Gasteiger partial charge in [-0.1, -0.05) is 6.07 Å². The number of rotatable bonds is 5. The van der Waals surface area contributed by atoms with E-state index in [4.69, 9.17) is 9.47 Å². The van der Waals surface area contributed by atoms with Crippen molar-refractivity contribution in [3.05, 3.63) is 81.8 Å². The van der Waals surface area contributed by atoms with E-state index in [0.717, 1.165) is 12.1 Å². The molecule has 1 unspecified atom stereocenters. The number of fused-ring (bicyclic) bond motifs is 1. The van der Waals surface area contributed by atoms with E-state index in [1.54, 1.807) is 30.3 Å². The highest BCUT2D eigenvalue weighted by atomic mass is 79.9. The first-order valence-electron chi connectivity index (χ1n) is 9.93. The van der Waals surface area contributed by atoms with Gasteiger partial charge in [0.2, 0.25) is 0 Å². The van der Waals surface area contributed by atoms with Gasteiger partial charge >= 0.3 is 6.36 Å². The average Bonchev–Trinajstić information content (AvgIpc) is 2.79. The Balaban J connectivity index is 1.79. The Morgan fingerprint density at radius 1 is 1.18 bits per heavy atom. The zero-order valence-electron chi connectivity index (χ0n) is 17.6. The van der Waals surface area contributed by atoms with Crippen LogP contribution < -0.4 is 19.5 Å². The lowest BCUT2D eigenvalue weighted by atomic mass is 9.81. The van der Waals surface area contributed by atoms with Crippen molar-refractivity contribution in [2.24, 2.45) is 0 Å². The van der Waals surface area contributed by atoms with Crippen LogP contribution in [0.4, 0.5) is 17.6 Å². The Morgan fingerprint density at radius 2 is 1.94 bits per heavy atom. The molecule has 1 aliphatic heterocycles. The molecular weight excluding hydrogens is 524 g/mol. The van der Waals surface area contributed by atoms with Gasteiger partial charge in [0.1, 0.15) is 22.7 Å². The van der Waals surface area contributed by atoms with Crippen molar-refractivity contribution in [2.45, 2.75) is 18.3 Å². The van der Waals surface area contributed by atoms with Gasteiger partial charge in [-0.2, -0.15) is 0 Å². The molecule has 6 nitrogen and oxygen atoms in total. The van der Waals surface area contributed by atoms with Crippen molar-refractivity contribution in [1.82, 2.24) is 10.3 Å². The molecule has 0 saturated carbocycles. The zero-order valence-corrected chi connectivity index (χ0v) is 19.2. The number of carbonyl (C=O) groups excluding carboxylic acids is 1. The van der Waals surface area contributed by atoms with E-state index in [-0.39, 0.29) is 24.2 Å². The van der Waals surface area contributed by atoms with E-state index in [1.165, 1.54) is 19.4 Å². The minimum atomic E-state index is -5.05. The number of nitrogens with one attached hydrogen (secondary N) is 1. The normalized spacial score (nSPS) is 17.4. The van der Waals surface area contributed by atoms with Crippen LogP contribution in [-0.2, 0) is 5.54 Å². The average molecular weight is 541 g/mol. The zero-order chi connectivity index (χ0) is 24.5. The molecule has 3 aromatic rings. The molecule has 0 aliphatic carbocycles. The molecule has 0 saturated heterocycles. The number of pyridine rings is 1. The largest absolute Gasteiger partial charge is 0.573 e. The number of alkyl halides is 3. The van der Waals surface area contributed by atoms with Gasteiger partial charge < -0.3 is 19.5 Å². The number of benzene rings is 2. The number of hydrogen-bond acceptors (Lipinski definition) is 5. The van der Waals surface area contributed by atoms with Crippen molar-refractivity contribution in [3.8, 4) is 17.2 Å². The van der Waals surface area contributed by atoms with Crippen molar-refractivity contribution in [2.75, 3.05) is 13.7 Å². The molecule has 1 amide bonds. The summed E-state index contributed by atoms with van der Waals surface area (Å²) in [5.41, 5.74) is -0.626. The Labute approximate surface area is 200 Å². The highest BCUT2D eigenvalue weighted by Crippen LogP contribution is 2.42. The highest BCUT2D eigenvalue weighted by molar-refractivity contribution is 9.10. The lowest BCUT2D eigenvalue weighted by Crippen LogP contribution is -2.50. The van der Waals surface area contributed by atoms with Crippen LogP contribution in [0.3, 0.4) is 0 Å². The van der Waals surface area contributed by atoms with E-state index in [2.05, 4.69) is 31.0 Å². The van der Waals surface area contributed by atoms with Gasteiger partial charge in [-0.15, -0.1) is 13.2 Å². The number of hydrogen-bond donors (Lipinski definition) is 1. The predicted octanol–water partition coefficient (Wildman–Crippen LogP) is 5.35. The van der Waals surface area contributed by atoms with Crippen LogP contribution in [-0.4, -0.2) is 31.0 Å². The third-order valence-corrected chi connectivity index (χ3v) is 5.92. The molecule has 1 N–H and O–H groups in total. The quantitative estimate of drug-likeness (QED) is 0.442. The molecule has 0 fully saturated rings. The fraction of sp³-hybridized carbons (Fsp3) is 0.217. The van der Waals surface area contributed by atoms with Crippen LogP contribution in [0, 0.1) is 5.82 Å². The molecule has 0 radical (unpaired) electrons. The number of amides is 1. The van der Waals surface area contributed by atoms with Crippen LogP contribution in [0.1, 0.15) is 28.0 Å². The molecular formula is C23H17BrF4N2O4. The van der Waals surface area contributed by atoms with Gasteiger partial charge in [0.15, 0.2) is 11.6 Å². The molecule has 2 aromatic carbocycles. The number of ether oxygens (including phenoxy) is 3. The lowest BCUT2D eigenvalue weighted by Gasteiger charge is -2.39. The number of halogens is 5. The smallest absolute Gasteiger partial charge is 0.496 e. The standard InChI is InChI=1S/C23H17BrF4N2O4/c1-32-17-6-4-13(11-15(17)24)21(31)30-22(8-10-33-19-3-2-9-29-20(19)22)14-5-7-18(16(25)12-14)34-23(26,27)28/h2-7,9,11-12H,8,10H2,1H3,(H,30,31). The van der Waals surface area contributed by atoms with Crippen LogP contribution in [0.25, 0.3) is 0 Å². The van der Waals surface area contributed by atoms with E-state index < -0.39 is 29.4 Å². The third-order valence-electron chi connectivity index (χ3n) is 5.30. The maximum absolute atomic E-state index is 14.7. The Bertz CT molecular complexity index is 1240. The minimum Gasteiger partial charge on any atom is -0.496 e. The first kappa shape index (κ1) is 23.8. The maximum Gasteiger partial charge on any atom is 0.573 e. The molecule has 11 heteroatoms. The third kappa shape index (κ3) is 4.65. The molecule has 178 valence electrons. The minimum absolute atomic E-state index is 0.147.